The van der Waals surface area contributed by atoms with Crippen LogP contribution in [0.5, 0.6) is 0 Å². The second-order valence-electron chi connectivity index (χ2n) is 9.36. The predicted octanol–water partition coefficient (Wildman–Crippen LogP) is 6.42. The number of nitrogens with zero attached hydrogens (tertiary/aromatic N) is 2. The fraction of sp³-hybridized carbons (Fsp3) is 0.296. The first-order valence-corrected chi connectivity index (χ1v) is 14.0. The van der Waals surface area contributed by atoms with Crippen molar-refractivity contribution in [2.24, 2.45) is 5.92 Å². The number of hydroxylamine groups is 1. The maximum Gasteiger partial charge on any atom is 0.341 e. The zero-order valence-electron chi connectivity index (χ0n) is 20.1. The van der Waals surface area contributed by atoms with Gasteiger partial charge in [0.1, 0.15) is 10.9 Å². The summed E-state index contributed by atoms with van der Waals surface area (Å²) in [5.74, 6) is -2.47. The van der Waals surface area contributed by atoms with Crippen LogP contribution in [0, 0.1) is 5.92 Å². The Hall–Kier alpha value is -2.62. The number of carbonyl (C=O) groups excluding carboxylic acids is 3. The van der Waals surface area contributed by atoms with Crippen LogP contribution in [0.25, 0.3) is 0 Å². The van der Waals surface area contributed by atoms with Gasteiger partial charge in [-0.2, -0.15) is 0 Å². The Labute approximate surface area is 237 Å². The van der Waals surface area contributed by atoms with Crippen LogP contribution in [-0.4, -0.2) is 31.0 Å². The summed E-state index contributed by atoms with van der Waals surface area (Å²) in [5, 5.41) is 3.15. The van der Waals surface area contributed by atoms with E-state index in [4.69, 9.17) is 44.4 Å². The van der Waals surface area contributed by atoms with Gasteiger partial charge in [-0.1, -0.05) is 40.9 Å². The molecule has 1 aromatic heterocycles. The molecule has 0 spiro atoms. The van der Waals surface area contributed by atoms with Gasteiger partial charge in [0, 0.05) is 19.9 Å². The number of halogens is 3. The molecule has 2 saturated heterocycles. The molecule has 3 aliphatic rings. The number of amides is 2. The van der Waals surface area contributed by atoms with Gasteiger partial charge in [-0.15, -0.1) is 11.3 Å². The van der Waals surface area contributed by atoms with Gasteiger partial charge in [0.25, 0.3) is 5.91 Å². The Morgan fingerprint density at radius 2 is 1.71 bits per heavy atom. The molecule has 2 aromatic carbocycles. The molecule has 0 N–H and O–H groups in total. The van der Waals surface area contributed by atoms with Gasteiger partial charge in [-0.05, 0) is 73.2 Å². The fourth-order valence-electron chi connectivity index (χ4n) is 5.51. The largest absolute Gasteiger partial charge is 0.465 e. The van der Waals surface area contributed by atoms with Crippen LogP contribution in [0.1, 0.15) is 45.2 Å². The predicted molar refractivity (Wildman–Crippen MR) is 146 cm³/mol. The highest BCUT2D eigenvalue weighted by Gasteiger charge is 2.61. The molecule has 0 unspecified atom stereocenters. The molecule has 1 aliphatic carbocycles. The van der Waals surface area contributed by atoms with E-state index in [9.17, 15) is 14.4 Å². The monoisotopic (exact) mass is 590 g/mol. The Morgan fingerprint density at radius 1 is 1.00 bits per heavy atom. The number of hydrogen-bond acceptors (Lipinski definition) is 7. The molecule has 0 bridgehead atoms. The van der Waals surface area contributed by atoms with Crippen molar-refractivity contribution in [3.05, 3.63) is 79.1 Å². The van der Waals surface area contributed by atoms with E-state index in [0.29, 0.717) is 43.3 Å². The third-order valence-electron chi connectivity index (χ3n) is 7.22. The van der Waals surface area contributed by atoms with Crippen LogP contribution in [0.4, 0.5) is 10.7 Å². The quantitative estimate of drug-likeness (QED) is 0.257. The molecule has 0 saturated carbocycles. The molecule has 3 heterocycles. The molecule has 7 nitrogen and oxygen atoms in total. The lowest BCUT2D eigenvalue weighted by atomic mass is 9.90. The summed E-state index contributed by atoms with van der Waals surface area (Å²) in [6, 6.07) is 11.2. The molecule has 11 heteroatoms. The third-order valence-corrected chi connectivity index (χ3v) is 9.31. The van der Waals surface area contributed by atoms with Crippen molar-refractivity contribution in [2.75, 3.05) is 17.1 Å². The van der Waals surface area contributed by atoms with E-state index in [0.717, 1.165) is 34.6 Å². The number of esters is 1. The minimum Gasteiger partial charge on any atom is -0.465 e. The van der Waals surface area contributed by atoms with E-state index in [1.807, 2.05) is 0 Å². The minimum absolute atomic E-state index is 0.296. The van der Waals surface area contributed by atoms with E-state index in [2.05, 4.69) is 0 Å². The molecule has 6 rings (SSSR count). The molecular formula is C27H21Cl3N2O5S. The highest BCUT2D eigenvalue weighted by atomic mass is 35.5. The number of rotatable bonds is 4. The number of anilines is 2. The average Bonchev–Trinajstić information content (AvgIpc) is 3.54. The van der Waals surface area contributed by atoms with Gasteiger partial charge in [0.2, 0.25) is 5.91 Å². The lowest BCUT2D eigenvalue weighted by Crippen LogP contribution is -2.37. The number of thiophene rings is 1. The molecular weight excluding hydrogens is 571 g/mol. The van der Waals surface area contributed by atoms with Crippen LogP contribution < -0.4 is 9.96 Å². The second kappa shape index (κ2) is 9.84. The van der Waals surface area contributed by atoms with Gasteiger partial charge in [0.15, 0.2) is 6.10 Å². The molecule has 196 valence electrons. The standard InChI is InChI=1S/C27H21Cl3N2O5S/c1-36-27(35)20-17-4-2-3-5-19(17)38-26(20)31-24(33)21-22(16-11-8-14(29)12-18(16)30)32(37-23(21)25(31)34)15-9-6-13(28)7-10-15/h6-12,21-23H,2-5H2,1H3/t21-,22+,23+/m1/s1. The van der Waals surface area contributed by atoms with E-state index < -0.39 is 35.8 Å². The van der Waals surface area contributed by atoms with Crippen LogP contribution in [0.15, 0.2) is 42.5 Å². The van der Waals surface area contributed by atoms with Gasteiger partial charge < -0.3 is 4.74 Å². The maximum atomic E-state index is 14.1. The summed E-state index contributed by atoms with van der Waals surface area (Å²) in [6.07, 6.45) is 2.29. The normalized spacial score (nSPS) is 22.6. The second-order valence-corrected chi connectivity index (χ2v) is 11.7. The SMILES string of the molecule is COC(=O)c1c(N2C(=O)[C@H]3[C@H](ON(c4ccc(Cl)cc4)[C@H]3c3ccc(Cl)cc3Cl)C2=O)sc2c1CCCC2. The van der Waals surface area contributed by atoms with Crippen LogP contribution >= 0.6 is 46.1 Å². The number of ether oxygens (including phenoxy) is 1. The number of carbonyl (C=O) groups is 3. The Kier molecular flexibility index (Phi) is 6.64. The minimum atomic E-state index is -1.11. The number of hydrogen-bond donors (Lipinski definition) is 0. The third kappa shape index (κ3) is 4.01. The molecule has 0 radical (unpaired) electrons. The Balaban J connectivity index is 1.46. The number of aryl methyl sites for hydroxylation is 1. The number of methoxy groups -OCH3 is 1. The summed E-state index contributed by atoms with van der Waals surface area (Å²) < 4.78 is 5.07. The highest BCUT2D eigenvalue weighted by molar-refractivity contribution is 7.17. The van der Waals surface area contributed by atoms with Crippen molar-refractivity contribution in [3.63, 3.8) is 0 Å². The molecule has 2 amide bonds. The molecule has 38 heavy (non-hydrogen) atoms. The summed E-state index contributed by atoms with van der Waals surface area (Å²) in [6.45, 7) is 0. The summed E-state index contributed by atoms with van der Waals surface area (Å²) >= 11 is 20.2. The zero-order valence-corrected chi connectivity index (χ0v) is 23.2. The summed E-state index contributed by atoms with van der Waals surface area (Å²) in [5.41, 5.74) is 2.35. The molecule has 2 fully saturated rings. The summed E-state index contributed by atoms with van der Waals surface area (Å²) in [4.78, 5) is 49.2. The van der Waals surface area contributed by atoms with Gasteiger partial charge in [0.05, 0.1) is 24.4 Å². The van der Waals surface area contributed by atoms with E-state index in [1.165, 1.54) is 23.5 Å². The molecule has 3 atom stereocenters. The van der Waals surface area contributed by atoms with Crippen LogP contribution in [0.3, 0.4) is 0 Å². The van der Waals surface area contributed by atoms with E-state index in [-0.39, 0.29) is 0 Å². The van der Waals surface area contributed by atoms with E-state index in [1.54, 1.807) is 42.5 Å². The lowest BCUT2D eigenvalue weighted by molar-refractivity contribution is -0.126. The van der Waals surface area contributed by atoms with Crippen molar-refractivity contribution in [3.8, 4) is 0 Å². The Morgan fingerprint density at radius 3 is 2.42 bits per heavy atom. The number of fused-ring (bicyclic) bond motifs is 2. The first-order valence-electron chi connectivity index (χ1n) is 12.1. The van der Waals surface area contributed by atoms with Crippen molar-refractivity contribution in [2.45, 2.75) is 37.8 Å². The number of imide groups is 1. The van der Waals surface area contributed by atoms with Crippen LogP contribution in [-0.2, 0) is 32.0 Å². The first kappa shape index (κ1) is 25.6. The van der Waals surface area contributed by atoms with Crippen molar-refractivity contribution >= 4 is 74.6 Å². The number of benzene rings is 2. The highest BCUT2D eigenvalue weighted by Crippen LogP contribution is 2.51. The van der Waals surface area contributed by atoms with Gasteiger partial charge >= 0.3 is 5.97 Å². The Bertz CT molecular complexity index is 1470. The maximum absolute atomic E-state index is 14.1. The molecule has 3 aromatic rings. The first-order chi connectivity index (χ1) is 18.3. The topological polar surface area (TPSA) is 76.2 Å². The zero-order chi connectivity index (χ0) is 26.7. The fourth-order valence-corrected chi connectivity index (χ4v) is 7.54. The average molecular weight is 592 g/mol. The van der Waals surface area contributed by atoms with E-state index >= 15 is 0 Å². The van der Waals surface area contributed by atoms with Crippen LogP contribution in [0.2, 0.25) is 15.1 Å². The smallest absolute Gasteiger partial charge is 0.341 e. The van der Waals surface area contributed by atoms with Crippen molar-refractivity contribution < 1.29 is 24.0 Å². The van der Waals surface area contributed by atoms with Gasteiger partial charge in [-0.3, -0.25) is 14.4 Å². The van der Waals surface area contributed by atoms with Crippen molar-refractivity contribution in [1.29, 1.82) is 0 Å². The molecule has 2 aliphatic heterocycles. The lowest BCUT2D eigenvalue weighted by Gasteiger charge is -2.29. The van der Waals surface area contributed by atoms with Gasteiger partial charge in [-0.25, -0.2) is 14.8 Å². The van der Waals surface area contributed by atoms with Crippen molar-refractivity contribution in [1.82, 2.24) is 0 Å². The summed E-state index contributed by atoms with van der Waals surface area (Å²) in [7, 11) is 1.30.